The highest BCUT2D eigenvalue weighted by Gasteiger charge is 2.33. The van der Waals surface area contributed by atoms with E-state index in [-0.39, 0.29) is 6.10 Å². The zero-order valence-corrected chi connectivity index (χ0v) is 11.6. The molecule has 0 aromatic heterocycles. The van der Waals surface area contributed by atoms with Crippen LogP contribution in [0.2, 0.25) is 0 Å². The van der Waals surface area contributed by atoms with Crippen molar-refractivity contribution in [3.8, 4) is 0 Å². The highest BCUT2D eigenvalue weighted by Crippen LogP contribution is 2.26. The van der Waals surface area contributed by atoms with E-state index in [4.69, 9.17) is 26.4 Å². The van der Waals surface area contributed by atoms with Crippen molar-refractivity contribution in [1.82, 2.24) is 0 Å². The fourth-order valence-electron chi connectivity index (χ4n) is 2.48. The van der Waals surface area contributed by atoms with E-state index < -0.39 is 5.79 Å². The van der Waals surface area contributed by atoms with Crippen molar-refractivity contribution in [2.24, 2.45) is 5.92 Å². The standard InChI is InChI=1S/C13H22O3S/c1-13(2)15-9-11(16-13)8-14-12(17)10-6-4-3-5-7-10/h10-11H,3-9H2,1-2H3. The minimum absolute atomic E-state index is 0.0199. The summed E-state index contributed by atoms with van der Waals surface area (Å²) < 4.78 is 16.9. The molecule has 1 heterocycles. The molecule has 2 fully saturated rings. The Labute approximate surface area is 109 Å². The summed E-state index contributed by atoms with van der Waals surface area (Å²) in [6.45, 7) is 4.97. The van der Waals surface area contributed by atoms with Gasteiger partial charge in [-0.05, 0) is 38.9 Å². The van der Waals surface area contributed by atoms with E-state index >= 15 is 0 Å². The highest BCUT2D eigenvalue weighted by molar-refractivity contribution is 7.80. The Morgan fingerprint density at radius 3 is 2.59 bits per heavy atom. The van der Waals surface area contributed by atoms with Crippen molar-refractivity contribution in [1.29, 1.82) is 0 Å². The summed E-state index contributed by atoms with van der Waals surface area (Å²) in [6.07, 6.45) is 6.30. The summed E-state index contributed by atoms with van der Waals surface area (Å²) in [5, 5.41) is 0.776. The second-order valence-electron chi connectivity index (χ2n) is 5.42. The quantitative estimate of drug-likeness (QED) is 0.727. The molecule has 0 bridgehead atoms. The first-order valence-electron chi connectivity index (χ1n) is 6.55. The average molecular weight is 258 g/mol. The van der Waals surface area contributed by atoms with E-state index in [1.807, 2.05) is 13.8 Å². The lowest BCUT2D eigenvalue weighted by atomic mass is 9.90. The van der Waals surface area contributed by atoms with Gasteiger partial charge in [0.1, 0.15) is 12.7 Å². The molecule has 0 aromatic rings. The summed E-state index contributed by atoms with van der Waals surface area (Å²) in [5.74, 6) is 0.00889. The van der Waals surface area contributed by atoms with Crippen LogP contribution in [-0.4, -0.2) is 30.2 Å². The van der Waals surface area contributed by atoms with Crippen molar-refractivity contribution in [3.05, 3.63) is 0 Å². The molecular formula is C13H22O3S. The van der Waals surface area contributed by atoms with E-state index in [9.17, 15) is 0 Å². The zero-order chi connectivity index (χ0) is 12.3. The molecule has 4 heteroatoms. The Morgan fingerprint density at radius 1 is 1.29 bits per heavy atom. The number of hydrogen-bond acceptors (Lipinski definition) is 4. The van der Waals surface area contributed by atoms with Crippen molar-refractivity contribution in [2.75, 3.05) is 13.2 Å². The number of thiocarbonyl (C=S) groups is 1. The molecule has 0 aromatic carbocycles. The highest BCUT2D eigenvalue weighted by atomic mass is 32.1. The van der Waals surface area contributed by atoms with Crippen LogP contribution < -0.4 is 0 Å². The molecule has 1 saturated carbocycles. The van der Waals surface area contributed by atoms with Crippen LogP contribution in [0.1, 0.15) is 46.0 Å². The predicted octanol–water partition coefficient (Wildman–Crippen LogP) is 3.06. The molecule has 2 rings (SSSR count). The third-order valence-corrected chi connectivity index (χ3v) is 3.87. The van der Waals surface area contributed by atoms with Crippen LogP contribution in [0.5, 0.6) is 0 Å². The molecule has 1 atom stereocenters. The summed E-state index contributed by atoms with van der Waals surface area (Å²) >= 11 is 5.35. The van der Waals surface area contributed by atoms with E-state index in [0.29, 0.717) is 19.1 Å². The second-order valence-corrected chi connectivity index (χ2v) is 5.82. The lowest BCUT2D eigenvalue weighted by Gasteiger charge is -2.23. The van der Waals surface area contributed by atoms with Gasteiger partial charge in [0.2, 0.25) is 0 Å². The van der Waals surface area contributed by atoms with Crippen LogP contribution in [0.4, 0.5) is 0 Å². The van der Waals surface area contributed by atoms with Gasteiger partial charge in [0, 0.05) is 5.92 Å². The maximum Gasteiger partial charge on any atom is 0.163 e. The fourth-order valence-corrected chi connectivity index (χ4v) is 2.78. The maximum atomic E-state index is 5.69. The molecule has 1 unspecified atom stereocenters. The van der Waals surface area contributed by atoms with Gasteiger partial charge in [-0.15, -0.1) is 0 Å². The van der Waals surface area contributed by atoms with Crippen LogP contribution in [0.25, 0.3) is 0 Å². The summed E-state index contributed by atoms with van der Waals surface area (Å²) in [4.78, 5) is 0. The molecule has 0 spiro atoms. The Kier molecular flexibility index (Phi) is 4.39. The normalized spacial score (nSPS) is 29.2. The first-order valence-corrected chi connectivity index (χ1v) is 6.96. The third-order valence-electron chi connectivity index (χ3n) is 3.42. The van der Waals surface area contributed by atoms with E-state index in [1.54, 1.807) is 0 Å². The van der Waals surface area contributed by atoms with E-state index in [1.165, 1.54) is 32.1 Å². The number of ether oxygens (including phenoxy) is 3. The topological polar surface area (TPSA) is 27.7 Å². The number of hydrogen-bond donors (Lipinski definition) is 0. The van der Waals surface area contributed by atoms with Gasteiger partial charge in [0.15, 0.2) is 10.8 Å². The Hall–Kier alpha value is -0.190. The van der Waals surface area contributed by atoms with Gasteiger partial charge in [0.05, 0.1) is 6.61 Å². The van der Waals surface area contributed by atoms with Crippen LogP contribution in [0.3, 0.4) is 0 Å². The first kappa shape index (κ1) is 13.2. The Morgan fingerprint density at radius 2 is 2.00 bits per heavy atom. The van der Waals surface area contributed by atoms with Gasteiger partial charge in [0.25, 0.3) is 0 Å². The minimum Gasteiger partial charge on any atom is -0.484 e. The molecule has 0 amide bonds. The van der Waals surface area contributed by atoms with Crippen LogP contribution >= 0.6 is 12.2 Å². The lowest BCUT2D eigenvalue weighted by Crippen LogP contribution is -2.27. The SMILES string of the molecule is CC1(C)OCC(COC(=S)C2CCCCC2)O1. The summed E-state index contributed by atoms with van der Waals surface area (Å²) in [6, 6.07) is 0. The molecular weight excluding hydrogens is 236 g/mol. The molecule has 1 aliphatic carbocycles. The molecule has 17 heavy (non-hydrogen) atoms. The molecule has 3 nitrogen and oxygen atoms in total. The van der Waals surface area contributed by atoms with Crippen LogP contribution in [0.15, 0.2) is 0 Å². The largest absolute Gasteiger partial charge is 0.484 e. The van der Waals surface area contributed by atoms with Crippen molar-refractivity contribution < 1.29 is 14.2 Å². The fraction of sp³-hybridized carbons (Fsp3) is 0.923. The van der Waals surface area contributed by atoms with Gasteiger partial charge in [-0.2, -0.15) is 0 Å². The molecule has 1 aliphatic heterocycles. The van der Waals surface area contributed by atoms with Gasteiger partial charge < -0.3 is 14.2 Å². The van der Waals surface area contributed by atoms with Gasteiger partial charge >= 0.3 is 0 Å². The zero-order valence-electron chi connectivity index (χ0n) is 10.7. The molecule has 98 valence electrons. The molecule has 0 radical (unpaired) electrons. The van der Waals surface area contributed by atoms with Crippen LogP contribution in [-0.2, 0) is 14.2 Å². The molecule has 0 N–H and O–H groups in total. The first-order chi connectivity index (χ1) is 8.07. The third kappa shape index (κ3) is 3.90. The number of rotatable bonds is 3. The van der Waals surface area contributed by atoms with Gasteiger partial charge in [-0.1, -0.05) is 19.3 Å². The van der Waals surface area contributed by atoms with Crippen molar-refractivity contribution >= 4 is 17.3 Å². The lowest BCUT2D eigenvalue weighted by molar-refractivity contribution is -0.141. The Bertz CT molecular complexity index is 272. The average Bonchev–Trinajstić information content (AvgIpc) is 2.67. The van der Waals surface area contributed by atoms with Crippen LogP contribution in [0, 0.1) is 5.92 Å². The summed E-state index contributed by atoms with van der Waals surface area (Å²) in [5.41, 5.74) is 0. The van der Waals surface area contributed by atoms with Gasteiger partial charge in [-0.25, -0.2) is 0 Å². The van der Waals surface area contributed by atoms with Crippen molar-refractivity contribution in [2.45, 2.75) is 57.8 Å². The molecule has 2 aliphatic rings. The second kappa shape index (κ2) is 5.63. The monoisotopic (exact) mass is 258 g/mol. The van der Waals surface area contributed by atoms with E-state index in [2.05, 4.69) is 0 Å². The molecule has 1 saturated heterocycles. The summed E-state index contributed by atoms with van der Waals surface area (Å²) in [7, 11) is 0. The van der Waals surface area contributed by atoms with Gasteiger partial charge in [-0.3, -0.25) is 0 Å². The van der Waals surface area contributed by atoms with Crippen molar-refractivity contribution in [3.63, 3.8) is 0 Å². The smallest absolute Gasteiger partial charge is 0.163 e. The minimum atomic E-state index is -0.472. The maximum absolute atomic E-state index is 5.69. The Balaban J connectivity index is 1.69. The predicted molar refractivity (Wildman–Crippen MR) is 70.0 cm³/mol. The van der Waals surface area contributed by atoms with E-state index in [0.717, 1.165) is 5.05 Å².